The highest BCUT2D eigenvalue weighted by atomic mass is 35.5. The maximum absolute atomic E-state index is 13.2. The molecule has 3 aromatic heterocycles. The predicted octanol–water partition coefficient (Wildman–Crippen LogP) is 4.32. The van der Waals surface area contributed by atoms with E-state index in [1.54, 1.807) is 19.1 Å². The highest BCUT2D eigenvalue weighted by Crippen LogP contribution is 2.36. The quantitative estimate of drug-likeness (QED) is 0.499. The van der Waals surface area contributed by atoms with E-state index in [0.29, 0.717) is 17.2 Å². The lowest BCUT2D eigenvalue weighted by Gasteiger charge is -2.17. The average molecular weight is 445 g/mol. The highest BCUT2D eigenvalue weighted by molar-refractivity contribution is 6.35. The normalized spacial score (nSPS) is 12.5. The van der Waals surface area contributed by atoms with Crippen molar-refractivity contribution in [2.45, 2.75) is 19.1 Å². The Labute approximate surface area is 178 Å². The van der Waals surface area contributed by atoms with Crippen molar-refractivity contribution >= 4 is 28.3 Å². The van der Waals surface area contributed by atoms with Gasteiger partial charge in [-0.25, -0.2) is 19.9 Å². The average Bonchev–Trinajstić information content (AvgIpc) is 3.23. The molecule has 0 saturated heterocycles. The topological polar surface area (TPSA) is 105 Å². The van der Waals surface area contributed by atoms with Gasteiger partial charge in [-0.2, -0.15) is 28.2 Å². The molecule has 0 amide bonds. The molecule has 0 aliphatic carbocycles. The van der Waals surface area contributed by atoms with E-state index >= 15 is 0 Å². The van der Waals surface area contributed by atoms with Crippen molar-refractivity contribution < 1.29 is 13.2 Å². The molecule has 0 bridgehead atoms. The summed E-state index contributed by atoms with van der Waals surface area (Å²) in [6, 6.07) is 6.44. The van der Waals surface area contributed by atoms with Gasteiger partial charge in [0.1, 0.15) is 24.5 Å². The molecular weight excluding hydrogens is 433 g/mol. The zero-order valence-corrected chi connectivity index (χ0v) is 16.5. The van der Waals surface area contributed by atoms with Crippen molar-refractivity contribution in [3.63, 3.8) is 0 Å². The fraction of sp³-hybridized carbons (Fsp3) is 0.158. The van der Waals surface area contributed by atoms with Crippen molar-refractivity contribution in [2.75, 3.05) is 5.32 Å². The maximum atomic E-state index is 13.2. The lowest BCUT2D eigenvalue weighted by Crippen LogP contribution is -2.15. The molecule has 0 saturated carbocycles. The number of nitriles is 1. The minimum absolute atomic E-state index is 0.122. The molecule has 0 radical (unpaired) electrons. The lowest BCUT2D eigenvalue weighted by molar-refractivity contribution is -0.137. The van der Waals surface area contributed by atoms with Crippen LogP contribution < -0.4 is 5.32 Å². The third kappa shape index (κ3) is 3.97. The zero-order chi connectivity index (χ0) is 22.2. The number of halogens is 4. The minimum atomic E-state index is -4.57. The molecule has 0 unspecified atom stereocenters. The molecule has 4 aromatic rings. The number of alkyl halides is 3. The molecule has 12 heteroatoms. The van der Waals surface area contributed by atoms with E-state index in [4.69, 9.17) is 16.9 Å². The number of pyridine rings is 1. The summed E-state index contributed by atoms with van der Waals surface area (Å²) in [4.78, 5) is 16.5. The van der Waals surface area contributed by atoms with Crippen LogP contribution in [-0.2, 0) is 6.18 Å². The molecule has 156 valence electrons. The fourth-order valence-electron chi connectivity index (χ4n) is 2.97. The van der Waals surface area contributed by atoms with E-state index < -0.39 is 17.8 Å². The number of rotatable bonds is 4. The Morgan fingerprint density at radius 1 is 1.13 bits per heavy atom. The molecule has 0 aliphatic heterocycles. The van der Waals surface area contributed by atoms with Crippen LogP contribution in [0.5, 0.6) is 0 Å². The van der Waals surface area contributed by atoms with Crippen LogP contribution in [0.25, 0.3) is 16.7 Å². The first-order valence-corrected chi connectivity index (χ1v) is 9.20. The number of hydrogen-bond donors (Lipinski definition) is 1. The third-order valence-electron chi connectivity index (χ3n) is 4.43. The van der Waals surface area contributed by atoms with Gasteiger partial charge in [-0.15, -0.1) is 0 Å². The molecule has 0 aliphatic rings. The van der Waals surface area contributed by atoms with E-state index in [0.717, 1.165) is 12.1 Å². The third-order valence-corrected chi connectivity index (χ3v) is 4.72. The Hall–Kier alpha value is -3.78. The van der Waals surface area contributed by atoms with Gasteiger partial charge in [-0.1, -0.05) is 11.6 Å². The molecule has 1 N–H and O–H groups in total. The molecule has 3 heterocycles. The fourth-order valence-corrected chi connectivity index (χ4v) is 3.24. The van der Waals surface area contributed by atoms with Gasteiger partial charge in [0, 0.05) is 11.6 Å². The van der Waals surface area contributed by atoms with Crippen LogP contribution in [0.2, 0.25) is 5.02 Å². The smallest absolute Gasteiger partial charge is 0.360 e. The molecule has 31 heavy (non-hydrogen) atoms. The van der Waals surface area contributed by atoms with Crippen molar-refractivity contribution in [1.82, 2.24) is 29.7 Å². The number of benzene rings is 1. The summed E-state index contributed by atoms with van der Waals surface area (Å²) in [7, 11) is 0. The molecule has 0 fully saturated rings. The number of anilines is 1. The summed E-state index contributed by atoms with van der Waals surface area (Å²) in [6.45, 7) is 1.74. The monoisotopic (exact) mass is 444 g/mol. The van der Waals surface area contributed by atoms with Crippen LogP contribution >= 0.6 is 11.6 Å². The Kier molecular flexibility index (Phi) is 5.16. The second-order valence-corrected chi connectivity index (χ2v) is 6.89. The number of nitrogens with one attached hydrogen (secondary N) is 1. The Balaban J connectivity index is 1.71. The van der Waals surface area contributed by atoms with Gasteiger partial charge in [0.2, 0.25) is 0 Å². The van der Waals surface area contributed by atoms with Gasteiger partial charge < -0.3 is 5.32 Å². The predicted molar refractivity (Wildman–Crippen MR) is 105 cm³/mol. The van der Waals surface area contributed by atoms with E-state index in [-0.39, 0.29) is 21.7 Å². The van der Waals surface area contributed by atoms with E-state index in [1.807, 2.05) is 6.07 Å². The molecule has 1 aromatic carbocycles. The summed E-state index contributed by atoms with van der Waals surface area (Å²) in [5, 5.41) is 16.1. The summed E-state index contributed by atoms with van der Waals surface area (Å²) >= 11 is 6.03. The summed E-state index contributed by atoms with van der Waals surface area (Å²) in [5.74, 6) is 1.02. The number of nitrogens with zero attached hydrogens (tertiary/aromatic N) is 7. The lowest BCUT2D eigenvalue weighted by atomic mass is 10.1. The van der Waals surface area contributed by atoms with E-state index in [9.17, 15) is 13.2 Å². The van der Waals surface area contributed by atoms with Crippen molar-refractivity contribution in [3.05, 3.63) is 65.1 Å². The zero-order valence-electron chi connectivity index (χ0n) is 15.8. The van der Waals surface area contributed by atoms with Gasteiger partial charge in [0.25, 0.3) is 0 Å². The molecule has 1 atom stereocenters. The molecule has 4 rings (SSSR count). The first-order chi connectivity index (χ1) is 14.8. The second kappa shape index (κ2) is 7.81. The van der Waals surface area contributed by atoms with Crippen LogP contribution in [0.4, 0.5) is 19.0 Å². The summed E-state index contributed by atoms with van der Waals surface area (Å²) in [5.41, 5.74) is -0.323. The summed E-state index contributed by atoms with van der Waals surface area (Å²) in [6.07, 6.45) is -0.636. The first kappa shape index (κ1) is 20.5. The van der Waals surface area contributed by atoms with Crippen LogP contribution in [-0.4, -0.2) is 29.7 Å². The van der Waals surface area contributed by atoms with Crippen LogP contribution in [0, 0.1) is 11.3 Å². The Bertz CT molecular complexity index is 1290. The maximum Gasteiger partial charge on any atom is 0.416 e. The molecule has 8 nitrogen and oxygen atoms in total. The van der Waals surface area contributed by atoms with Crippen molar-refractivity contribution in [2.24, 2.45) is 0 Å². The first-order valence-electron chi connectivity index (χ1n) is 8.82. The van der Waals surface area contributed by atoms with Gasteiger partial charge >= 0.3 is 6.18 Å². The Morgan fingerprint density at radius 3 is 2.61 bits per heavy atom. The molecule has 0 spiro atoms. The van der Waals surface area contributed by atoms with Crippen molar-refractivity contribution in [3.8, 4) is 11.9 Å². The van der Waals surface area contributed by atoms with Gasteiger partial charge in [-0.3, -0.25) is 0 Å². The van der Waals surface area contributed by atoms with Gasteiger partial charge in [0.05, 0.1) is 27.7 Å². The number of fused-ring (bicyclic) bond motifs is 1. The minimum Gasteiger partial charge on any atom is -0.360 e. The van der Waals surface area contributed by atoms with Crippen LogP contribution in [0.15, 0.2) is 43.1 Å². The standard InChI is InChI=1S/C19H12ClF3N8/c1-10(18-28-9-29-31(18)15-3-2-11(6-24)7-25-15)30-17-13-4-12(19(21,22)23)5-14(20)16(13)26-8-27-17/h2-5,7-10H,1H3,(H,26,27,30)/t10-/m0/s1. The number of aromatic nitrogens is 6. The SMILES string of the molecule is C[C@H](Nc1ncnc2c(Cl)cc(C(F)(F)F)cc12)c1ncnn1-c1ccc(C#N)cn1. The number of hydrogen-bond acceptors (Lipinski definition) is 7. The van der Waals surface area contributed by atoms with Gasteiger partial charge in [0.15, 0.2) is 11.6 Å². The second-order valence-electron chi connectivity index (χ2n) is 6.49. The van der Waals surface area contributed by atoms with E-state index in [1.165, 1.54) is 23.5 Å². The van der Waals surface area contributed by atoms with Crippen molar-refractivity contribution in [1.29, 1.82) is 5.26 Å². The van der Waals surface area contributed by atoms with Crippen LogP contribution in [0.1, 0.15) is 29.9 Å². The van der Waals surface area contributed by atoms with E-state index in [2.05, 4.69) is 30.4 Å². The van der Waals surface area contributed by atoms with Gasteiger partial charge in [-0.05, 0) is 31.2 Å². The summed E-state index contributed by atoms with van der Waals surface area (Å²) < 4.78 is 41.2. The Morgan fingerprint density at radius 2 is 1.94 bits per heavy atom. The van der Waals surface area contributed by atoms with Crippen LogP contribution in [0.3, 0.4) is 0 Å². The largest absolute Gasteiger partial charge is 0.416 e. The highest BCUT2D eigenvalue weighted by Gasteiger charge is 2.32. The molecular formula is C19H12ClF3N8.